The second kappa shape index (κ2) is 5.83. The van der Waals surface area contributed by atoms with Crippen LogP contribution in [0.1, 0.15) is 12.6 Å². The number of nitrogens with zero attached hydrogens (tertiary/aromatic N) is 3. The first-order valence-electron chi connectivity index (χ1n) is 7.39. The van der Waals surface area contributed by atoms with Gasteiger partial charge in [0.1, 0.15) is 6.04 Å². The van der Waals surface area contributed by atoms with Crippen LogP contribution in [-0.4, -0.2) is 46.3 Å². The number of para-hydroxylation sites is 1. The molecule has 2 heterocycles. The number of amides is 1. The predicted molar refractivity (Wildman–Crippen MR) is 81.7 cm³/mol. The lowest BCUT2D eigenvalue weighted by Crippen LogP contribution is -2.56. The Labute approximate surface area is 123 Å². The van der Waals surface area contributed by atoms with Crippen molar-refractivity contribution in [3.05, 3.63) is 30.0 Å². The number of rotatable bonds is 4. The van der Waals surface area contributed by atoms with Crippen LogP contribution in [-0.2, 0) is 17.9 Å². The number of carbonyl (C=O) groups is 1. The summed E-state index contributed by atoms with van der Waals surface area (Å²) in [4.78, 5) is 13.7. The van der Waals surface area contributed by atoms with Crippen LogP contribution in [0.2, 0.25) is 0 Å². The van der Waals surface area contributed by atoms with E-state index in [1.165, 1.54) is 0 Å². The van der Waals surface area contributed by atoms with Crippen molar-refractivity contribution < 1.29 is 4.79 Å². The molecule has 1 aliphatic heterocycles. The molecule has 0 bridgehead atoms. The van der Waals surface area contributed by atoms with Crippen LogP contribution in [0, 0.1) is 0 Å². The molecule has 3 N–H and O–H groups in total. The highest BCUT2D eigenvalue weighted by Crippen LogP contribution is 2.21. The van der Waals surface area contributed by atoms with E-state index in [-0.39, 0.29) is 11.9 Å². The summed E-state index contributed by atoms with van der Waals surface area (Å²) >= 11 is 0. The van der Waals surface area contributed by atoms with Crippen LogP contribution in [0.3, 0.4) is 0 Å². The van der Waals surface area contributed by atoms with Gasteiger partial charge in [-0.1, -0.05) is 18.2 Å². The number of fused-ring (bicyclic) bond motifs is 1. The van der Waals surface area contributed by atoms with Crippen LogP contribution in [0.15, 0.2) is 24.3 Å². The summed E-state index contributed by atoms with van der Waals surface area (Å²) in [5.74, 6) is -0.276. The fraction of sp³-hybridized carbons (Fsp3) is 0.467. The van der Waals surface area contributed by atoms with Gasteiger partial charge in [-0.15, -0.1) is 0 Å². The number of hydrogen-bond donors (Lipinski definition) is 2. The maximum absolute atomic E-state index is 11.6. The SMILES string of the molecule is CCn1nc(CN2CCNCC2C(N)=O)c2ccccc21. The van der Waals surface area contributed by atoms with E-state index in [9.17, 15) is 4.79 Å². The molecule has 1 aliphatic rings. The molecule has 0 aliphatic carbocycles. The monoisotopic (exact) mass is 287 g/mol. The standard InChI is InChI=1S/C15H21N5O/c1-2-20-13-6-4-3-5-11(13)12(18-20)10-19-8-7-17-9-14(19)15(16)21/h3-6,14,17H,2,7-10H2,1H3,(H2,16,21). The number of primary amides is 1. The maximum atomic E-state index is 11.6. The van der Waals surface area contributed by atoms with E-state index in [2.05, 4.69) is 29.3 Å². The predicted octanol–water partition coefficient (Wildman–Crippen LogP) is 0.315. The Hall–Kier alpha value is -1.92. The van der Waals surface area contributed by atoms with Gasteiger partial charge in [0.05, 0.1) is 11.2 Å². The topological polar surface area (TPSA) is 76.2 Å². The lowest BCUT2D eigenvalue weighted by molar-refractivity contribution is -0.124. The summed E-state index contributed by atoms with van der Waals surface area (Å²) in [7, 11) is 0. The first kappa shape index (κ1) is 14.0. The zero-order valence-electron chi connectivity index (χ0n) is 12.2. The van der Waals surface area contributed by atoms with Crippen LogP contribution in [0.25, 0.3) is 10.9 Å². The van der Waals surface area contributed by atoms with Crippen molar-refractivity contribution in [1.29, 1.82) is 0 Å². The molecule has 6 nitrogen and oxygen atoms in total. The smallest absolute Gasteiger partial charge is 0.236 e. The number of nitrogens with one attached hydrogen (secondary N) is 1. The summed E-state index contributed by atoms with van der Waals surface area (Å²) in [5, 5.41) is 9.07. The van der Waals surface area contributed by atoms with Gasteiger partial charge < -0.3 is 11.1 Å². The lowest BCUT2D eigenvalue weighted by Gasteiger charge is -2.33. The molecule has 1 aromatic carbocycles. The van der Waals surface area contributed by atoms with Gasteiger partial charge in [-0.3, -0.25) is 14.4 Å². The molecule has 112 valence electrons. The Bertz CT molecular complexity index is 651. The van der Waals surface area contributed by atoms with Gasteiger partial charge in [0, 0.05) is 38.1 Å². The average molecular weight is 287 g/mol. The molecule has 1 amide bonds. The lowest BCUT2D eigenvalue weighted by atomic mass is 10.1. The van der Waals surface area contributed by atoms with Crippen molar-refractivity contribution in [2.45, 2.75) is 26.1 Å². The Kier molecular flexibility index (Phi) is 3.90. The van der Waals surface area contributed by atoms with Gasteiger partial charge in [0.15, 0.2) is 0 Å². The van der Waals surface area contributed by atoms with Crippen molar-refractivity contribution in [2.75, 3.05) is 19.6 Å². The summed E-state index contributed by atoms with van der Waals surface area (Å²) in [5.41, 5.74) is 7.66. The Morgan fingerprint density at radius 3 is 3.05 bits per heavy atom. The fourth-order valence-corrected chi connectivity index (χ4v) is 2.96. The largest absolute Gasteiger partial charge is 0.368 e. The van der Waals surface area contributed by atoms with E-state index in [0.717, 1.165) is 36.2 Å². The first-order valence-corrected chi connectivity index (χ1v) is 7.39. The second-order valence-corrected chi connectivity index (χ2v) is 5.37. The minimum atomic E-state index is -0.276. The normalized spacial score (nSPS) is 20.0. The summed E-state index contributed by atoms with van der Waals surface area (Å²) < 4.78 is 2.01. The number of nitrogens with two attached hydrogens (primary N) is 1. The number of aryl methyl sites for hydroxylation is 1. The molecule has 1 fully saturated rings. The third-order valence-corrected chi connectivity index (χ3v) is 4.07. The van der Waals surface area contributed by atoms with Gasteiger partial charge in [0.2, 0.25) is 5.91 Å². The number of hydrogen-bond acceptors (Lipinski definition) is 4. The maximum Gasteiger partial charge on any atom is 0.236 e. The molecule has 0 spiro atoms. The Balaban J connectivity index is 1.92. The number of piperazine rings is 1. The average Bonchev–Trinajstić information content (AvgIpc) is 2.86. The zero-order chi connectivity index (χ0) is 14.8. The molecular weight excluding hydrogens is 266 g/mol. The minimum Gasteiger partial charge on any atom is -0.368 e. The van der Waals surface area contributed by atoms with E-state index in [1.807, 2.05) is 16.8 Å². The second-order valence-electron chi connectivity index (χ2n) is 5.37. The van der Waals surface area contributed by atoms with Crippen LogP contribution < -0.4 is 11.1 Å². The molecule has 3 rings (SSSR count). The highest BCUT2D eigenvalue weighted by Gasteiger charge is 2.27. The minimum absolute atomic E-state index is 0.260. The Morgan fingerprint density at radius 2 is 2.29 bits per heavy atom. The third kappa shape index (κ3) is 2.64. The molecule has 2 aromatic rings. The summed E-state index contributed by atoms with van der Waals surface area (Å²) in [6, 6.07) is 7.96. The molecule has 1 unspecified atom stereocenters. The molecule has 0 radical (unpaired) electrons. The van der Waals surface area contributed by atoms with E-state index in [1.54, 1.807) is 0 Å². The highest BCUT2D eigenvalue weighted by atomic mass is 16.1. The number of carbonyl (C=O) groups excluding carboxylic acids is 1. The van der Waals surface area contributed by atoms with Crippen molar-refractivity contribution in [3.63, 3.8) is 0 Å². The van der Waals surface area contributed by atoms with E-state index < -0.39 is 0 Å². The molecule has 0 saturated carbocycles. The van der Waals surface area contributed by atoms with Gasteiger partial charge in [0.25, 0.3) is 0 Å². The van der Waals surface area contributed by atoms with Gasteiger partial charge in [-0.25, -0.2) is 0 Å². The molecule has 6 heteroatoms. The molecular formula is C15H21N5O. The van der Waals surface area contributed by atoms with Crippen LogP contribution in [0.4, 0.5) is 0 Å². The first-order chi connectivity index (χ1) is 10.2. The van der Waals surface area contributed by atoms with E-state index >= 15 is 0 Å². The van der Waals surface area contributed by atoms with E-state index in [4.69, 9.17) is 10.8 Å². The van der Waals surface area contributed by atoms with Crippen LogP contribution >= 0.6 is 0 Å². The van der Waals surface area contributed by atoms with Crippen molar-refractivity contribution in [1.82, 2.24) is 20.0 Å². The zero-order valence-corrected chi connectivity index (χ0v) is 12.2. The Morgan fingerprint density at radius 1 is 1.48 bits per heavy atom. The van der Waals surface area contributed by atoms with Gasteiger partial charge in [-0.2, -0.15) is 5.10 Å². The third-order valence-electron chi connectivity index (χ3n) is 4.07. The van der Waals surface area contributed by atoms with Crippen LogP contribution in [0.5, 0.6) is 0 Å². The molecule has 1 aromatic heterocycles. The van der Waals surface area contributed by atoms with Gasteiger partial charge >= 0.3 is 0 Å². The number of benzene rings is 1. The summed E-state index contributed by atoms with van der Waals surface area (Å²) in [6.45, 7) is 5.86. The van der Waals surface area contributed by atoms with Gasteiger partial charge in [-0.05, 0) is 13.0 Å². The fourth-order valence-electron chi connectivity index (χ4n) is 2.96. The quantitative estimate of drug-likeness (QED) is 0.849. The van der Waals surface area contributed by atoms with E-state index in [0.29, 0.717) is 13.1 Å². The number of aromatic nitrogens is 2. The van der Waals surface area contributed by atoms with Crippen molar-refractivity contribution >= 4 is 16.8 Å². The highest BCUT2D eigenvalue weighted by molar-refractivity contribution is 5.82. The molecule has 21 heavy (non-hydrogen) atoms. The van der Waals surface area contributed by atoms with Crippen molar-refractivity contribution in [2.24, 2.45) is 5.73 Å². The molecule has 1 atom stereocenters. The molecule has 1 saturated heterocycles. The van der Waals surface area contributed by atoms with Crippen molar-refractivity contribution in [3.8, 4) is 0 Å². The summed E-state index contributed by atoms with van der Waals surface area (Å²) in [6.07, 6.45) is 0.